The maximum Gasteiger partial charge on any atom is 0.244 e. The number of carbonyl (C=O) groups excluding carboxylic acids is 3. The first-order chi connectivity index (χ1) is 13.5. The van der Waals surface area contributed by atoms with E-state index in [9.17, 15) is 14.4 Å². The van der Waals surface area contributed by atoms with Gasteiger partial charge in [0.2, 0.25) is 17.7 Å². The third kappa shape index (κ3) is 5.30. The summed E-state index contributed by atoms with van der Waals surface area (Å²) in [4.78, 5) is 36.6. The van der Waals surface area contributed by atoms with E-state index in [1.54, 1.807) is 23.1 Å². The number of nitrogens with zero attached hydrogens (tertiary/aromatic N) is 1. The fraction of sp³-hybridized carbons (Fsp3) is 0.227. The van der Waals surface area contributed by atoms with Crippen LogP contribution in [0, 0.1) is 0 Å². The van der Waals surface area contributed by atoms with Crippen LogP contribution in [0.5, 0.6) is 0 Å². The largest absolute Gasteiger partial charge is 0.348 e. The summed E-state index contributed by atoms with van der Waals surface area (Å²) in [5.74, 6) is -0.149. The third-order valence-electron chi connectivity index (χ3n) is 4.45. The summed E-state index contributed by atoms with van der Waals surface area (Å²) in [5, 5.41) is 5.54. The molecule has 28 heavy (non-hydrogen) atoms. The highest BCUT2D eigenvalue weighted by Crippen LogP contribution is 2.21. The van der Waals surface area contributed by atoms with Gasteiger partial charge in [0.25, 0.3) is 0 Å². The second-order valence-corrected chi connectivity index (χ2v) is 6.67. The Kier molecular flexibility index (Phi) is 6.22. The van der Waals surface area contributed by atoms with Crippen LogP contribution < -0.4 is 15.5 Å². The van der Waals surface area contributed by atoms with E-state index in [1.807, 2.05) is 36.4 Å². The zero-order valence-electron chi connectivity index (χ0n) is 15.8. The van der Waals surface area contributed by atoms with Crippen LogP contribution in [-0.4, -0.2) is 24.3 Å². The van der Waals surface area contributed by atoms with Gasteiger partial charge in [0.05, 0.1) is 0 Å². The molecule has 0 unspecified atom stereocenters. The zero-order valence-corrected chi connectivity index (χ0v) is 15.8. The summed E-state index contributed by atoms with van der Waals surface area (Å²) in [7, 11) is 0. The normalized spacial score (nSPS) is 13.8. The van der Waals surface area contributed by atoms with Crippen molar-refractivity contribution in [3.8, 4) is 0 Å². The lowest BCUT2D eigenvalue weighted by Crippen LogP contribution is -2.23. The molecule has 2 N–H and O–H groups in total. The molecule has 1 aliphatic heterocycles. The van der Waals surface area contributed by atoms with Crippen LogP contribution in [0.1, 0.15) is 30.9 Å². The molecule has 0 radical (unpaired) electrons. The standard InChI is InChI=1S/C22H23N3O3/c1-16(26)24-19-9-4-17(5-10-19)8-13-21(27)23-15-18-6-11-20(12-7-18)25-14-2-3-22(25)28/h4-13H,2-3,14-15H2,1H3,(H,23,27)(H,24,26)/b13-8+. The van der Waals surface area contributed by atoms with Crippen LogP contribution in [0.15, 0.2) is 54.6 Å². The van der Waals surface area contributed by atoms with Crippen LogP contribution in [-0.2, 0) is 20.9 Å². The van der Waals surface area contributed by atoms with Gasteiger partial charge < -0.3 is 15.5 Å². The van der Waals surface area contributed by atoms with Crippen LogP contribution in [0.4, 0.5) is 11.4 Å². The average molecular weight is 377 g/mol. The predicted octanol–water partition coefficient (Wildman–Crippen LogP) is 3.10. The first kappa shape index (κ1) is 19.4. The molecule has 6 nitrogen and oxygen atoms in total. The molecule has 3 amide bonds. The van der Waals surface area contributed by atoms with E-state index in [0.717, 1.165) is 29.8 Å². The van der Waals surface area contributed by atoms with E-state index in [4.69, 9.17) is 0 Å². The summed E-state index contributed by atoms with van der Waals surface area (Å²) in [6.45, 7) is 2.64. The van der Waals surface area contributed by atoms with Crippen molar-refractivity contribution < 1.29 is 14.4 Å². The number of hydrogen-bond acceptors (Lipinski definition) is 3. The van der Waals surface area contributed by atoms with Gasteiger partial charge in [0.15, 0.2) is 0 Å². The molecule has 1 aliphatic rings. The monoisotopic (exact) mass is 377 g/mol. The summed E-state index contributed by atoms with van der Waals surface area (Å²) >= 11 is 0. The Morgan fingerprint density at radius 2 is 1.79 bits per heavy atom. The molecule has 1 saturated heterocycles. The minimum absolute atomic E-state index is 0.122. The number of carbonyl (C=O) groups is 3. The molecule has 3 rings (SSSR count). The second kappa shape index (κ2) is 8.99. The molecule has 0 aromatic heterocycles. The highest BCUT2D eigenvalue weighted by Gasteiger charge is 2.21. The minimum Gasteiger partial charge on any atom is -0.348 e. The quantitative estimate of drug-likeness (QED) is 0.760. The minimum atomic E-state index is -0.190. The van der Waals surface area contributed by atoms with Gasteiger partial charge in [-0.3, -0.25) is 14.4 Å². The van der Waals surface area contributed by atoms with E-state index < -0.39 is 0 Å². The Labute approximate surface area is 164 Å². The number of nitrogens with one attached hydrogen (secondary N) is 2. The lowest BCUT2D eigenvalue weighted by Gasteiger charge is -2.15. The maximum atomic E-state index is 12.0. The molecular weight excluding hydrogens is 354 g/mol. The van der Waals surface area contributed by atoms with Crippen LogP contribution in [0.25, 0.3) is 6.08 Å². The number of anilines is 2. The van der Waals surface area contributed by atoms with Gasteiger partial charge in [-0.15, -0.1) is 0 Å². The Morgan fingerprint density at radius 3 is 2.39 bits per heavy atom. The van der Waals surface area contributed by atoms with E-state index in [1.165, 1.54) is 13.0 Å². The highest BCUT2D eigenvalue weighted by atomic mass is 16.2. The smallest absolute Gasteiger partial charge is 0.244 e. The van der Waals surface area contributed by atoms with E-state index in [-0.39, 0.29) is 17.7 Å². The lowest BCUT2D eigenvalue weighted by molar-refractivity contribution is -0.117. The van der Waals surface area contributed by atoms with Gasteiger partial charge in [0, 0.05) is 43.9 Å². The first-order valence-corrected chi connectivity index (χ1v) is 9.24. The Bertz CT molecular complexity index is 886. The number of benzene rings is 2. The molecule has 2 aromatic rings. The molecular formula is C22H23N3O3. The molecule has 2 aromatic carbocycles. The van der Waals surface area contributed by atoms with Crippen molar-refractivity contribution in [3.63, 3.8) is 0 Å². The molecule has 0 aliphatic carbocycles. The molecule has 6 heteroatoms. The van der Waals surface area contributed by atoms with Gasteiger partial charge in [0.1, 0.15) is 0 Å². The number of amides is 3. The van der Waals surface area contributed by atoms with Crippen molar-refractivity contribution in [2.75, 3.05) is 16.8 Å². The van der Waals surface area contributed by atoms with Gasteiger partial charge in [-0.25, -0.2) is 0 Å². The summed E-state index contributed by atoms with van der Waals surface area (Å²) in [5.41, 5.74) is 3.45. The molecule has 0 bridgehead atoms. The summed E-state index contributed by atoms with van der Waals surface area (Å²) < 4.78 is 0. The van der Waals surface area contributed by atoms with Crippen molar-refractivity contribution in [3.05, 3.63) is 65.7 Å². The summed E-state index contributed by atoms with van der Waals surface area (Å²) in [6.07, 6.45) is 4.71. The Morgan fingerprint density at radius 1 is 1.07 bits per heavy atom. The SMILES string of the molecule is CC(=O)Nc1ccc(/C=C/C(=O)NCc2ccc(N3CCCC3=O)cc2)cc1. The third-order valence-corrected chi connectivity index (χ3v) is 4.45. The van der Waals surface area contributed by atoms with Crippen molar-refractivity contribution in [2.24, 2.45) is 0 Å². The number of rotatable bonds is 6. The van der Waals surface area contributed by atoms with Gasteiger partial charge >= 0.3 is 0 Å². The molecule has 1 heterocycles. The molecule has 1 fully saturated rings. The van der Waals surface area contributed by atoms with Gasteiger partial charge in [-0.1, -0.05) is 24.3 Å². The Balaban J connectivity index is 1.49. The van der Waals surface area contributed by atoms with Crippen LogP contribution in [0.2, 0.25) is 0 Å². The topological polar surface area (TPSA) is 78.5 Å². The van der Waals surface area contributed by atoms with Gasteiger partial charge in [-0.05, 0) is 47.9 Å². The van der Waals surface area contributed by atoms with Crippen molar-refractivity contribution >= 4 is 35.2 Å². The molecule has 0 atom stereocenters. The summed E-state index contributed by atoms with van der Waals surface area (Å²) in [6, 6.07) is 14.9. The van der Waals surface area contributed by atoms with Crippen LogP contribution >= 0.6 is 0 Å². The second-order valence-electron chi connectivity index (χ2n) is 6.67. The number of hydrogen-bond donors (Lipinski definition) is 2. The van der Waals surface area contributed by atoms with E-state index >= 15 is 0 Å². The fourth-order valence-electron chi connectivity index (χ4n) is 3.02. The van der Waals surface area contributed by atoms with Crippen molar-refractivity contribution in [1.29, 1.82) is 0 Å². The average Bonchev–Trinajstić information content (AvgIpc) is 3.12. The highest BCUT2D eigenvalue weighted by molar-refractivity contribution is 5.95. The van der Waals surface area contributed by atoms with Gasteiger partial charge in [-0.2, -0.15) is 0 Å². The lowest BCUT2D eigenvalue weighted by atomic mass is 10.2. The van der Waals surface area contributed by atoms with Crippen molar-refractivity contribution in [2.45, 2.75) is 26.3 Å². The fourth-order valence-corrected chi connectivity index (χ4v) is 3.02. The Hall–Kier alpha value is -3.41. The van der Waals surface area contributed by atoms with Crippen LogP contribution in [0.3, 0.4) is 0 Å². The maximum absolute atomic E-state index is 12.0. The molecule has 144 valence electrons. The zero-order chi connectivity index (χ0) is 19.9. The van der Waals surface area contributed by atoms with Crippen molar-refractivity contribution in [1.82, 2.24) is 5.32 Å². The molecule has 0 spiro atoms. The van der Waals surface area contributed by atoms with E-state index in [0.29, 0.717) is 18.7 Å². The molecule has 0 saturated carbocycles. The predicted molar refractivity (Wildman–Crippen MR) is 110 cm³/mol. The van der Waals surface area contributed by atoms with E-state index in [2.05, 4.69) is 10.6 Å². The first-order valence-electron chi connectivity index (χ1n) is 9.24.